The van der Waals surface area contributed by atoms with Crippen molar-refractivity contribution in [3.05, 3.63) is 18.0 Å². The van der Waals surface area contributed by atoms with Gasteiger partial charge in [-0.05, 0) is 0 Å². The number of hydrogen-bond donors (Lipinski definition) is 1. The molecule has 0 fully saturated rings. The van der Waals surface area contributed by atoms with Crippen LogP contribution in [0, 0.1) is 0 Å². The topological polar surface area (TPSA) is 60.9 Å². The lowest BCUT2D eigenvalue weighted by Gasteiger charge is -2.18. The Balaban J connectivity index is 3.11. The predicted octanol–water partition coefficient (Wildman–Crippen LogP) is 1.09. The summed E-state index contributed by atoms with van der Waals surface area (Å²) in [5, 5.41) is 2.72. The molecule has 0 unspecified atom stereocenters. The number of halogens is 5. The second kappa shape index (κ2) is 3.17. The van der Waals surface area contributed by atoms with E-state index in [1.54, 1.807) is 0 Å². The highest BCUT2D eigenvalue weighted by molar-refractivity contribution is 5.92. The van der Waals surface area contributed by atoms with Gasteiger partial charge in [0.2, 0.25) is 0 Å². The molecule has 0 spiro atoms. The second-order valence-electron chi connectivity index (χ2n) is 2.58. The summed E-state index contributed by atoms with van der Waals surface area (Å²) in [5.74, 6) is -1.14. The summed E-state index contributed by atoms with van der Waals surface area (Å²) in [6.45, 7) is 0. The lowest BCUT2D eigenvalue weighted by molar-refractivity contribution is -0.328. The first-order valence-corrected chi connectivity index (χ1v) is 3.46. The van der Waals surface area contributed by atoms with Gasteiger partial charge in [0.15, 0.2) is 0 Å². The Hall–Kier alpha value is -1.67. The summed E-state index contributed by atoms with van der Waals surface area (Å²) in [6, 6.07) is -5.17. The van der Waals surface area contributed by atoms with Gasteiger partial charge in [0.25, 0.3) is 5.91 Å². The zero-order valence-corrected chi connectivity index (χ0v) is 6.92. The molecule has 15 heavy (non-hydrogen) atoms. The third kappa shape index (κ3) is 1.90. The number of rotatable bonds is 2. The summed E-state index contributed by atoms with van der Waals surface area (Å²) >= 11 is 0. The Morgan fingerprint density at radius 2 is 1.87 bits per heavy atom. The van der Waals surface area contributed by atoms with E-state index >= 15 is 0 Å². The van der Waals surface area contributed by atoms with E-state index < -0.39 is 28.4 Å². The predicted molar refractivity (Wildman–Crippen MR) is 37.0 cm³/mol. The Morgan fingerprint density at radius 3 is 2.20 bits per heavy atom. The smallest absolute Gasteiger partial charge is 0.366 e. The standard InChI is InChI=1S/C6H4F5N3O/c7-5(8,9)6(10,11)14-2-3(1-13-14)4(12)15/h1-2H,(H2,12,15). The van der Waals surface area contributed by atoms with Gasteiger partial charge in [-0.1, -0.05) is 0 Å². The number of amides is 1. The molecule has 4 nitrogen and oxygen atoms in total. The number of primary amides is 1. The molecule has 0 bridgehead atoms. The van der Waals surface area contributed by atoms with Crippen LogP contribution in [0.25, 0.3) is 0 Å². The Kier molecular flexibility index (Phi) is 2.41. The van der Waals surface area contributed by atoms with Crippen LogP contribution in [0.2, 0.25) is 0 Å². The number of carbonyl (C=O) groups is 1. The molecule has 1 rings (SSSR count). The monoisotopic (exact) mass is 229 g/mol. The fraction of sp³-hybridized carbons (Fsp3) is 0.333. The van der Waals surface area contributed by atoms with Crippen LogP contribution in [0.15, 0.2) is 12.4 Å². The molecule has 1 aromatic rings. The van der Waals surface area contributed by atoms with Gasteiger partial charge in [-0.15, -0.1) is 0 Å². The molecule has 1 heterocycles. The van der Waals surface area contributed by atoms with Crippen molar-refractivity contribution in [2.45, 2.75) is 12.2 Å². The van der Waals surface area contributed by atoms with Crippen molar-refractivity contribution in [2.24, 2.45) is 5.73 Å². The third-order valence-electron chi connectivity index (χ3n) is 1.50. The van der Waals surface area contributed by atoms with Crippen molar-refractivity contribution in [1.29, 1.82) is 0 Å². The zero-order chi connectivity index (χ0) is 11.9. The summed E-state index contributed by atoms with van der Waals surface area (Å²) in [5.41, 5.74) is 4.13. The number of nitrogens with zero attached hydrogens (tertiary/aromatic N) is 2. The summed E-state index contributed by atoms with van der Waals surface area (Å²) < 4.78 is 59.9. The van der Waals surface area contributed by atoms with Crippen LogP contribution < -0.4 is 5.73 Å². The van der Waals surface area contributed by atoms with E-state index in [0.717, 1.165) is 0 Å². The fourth-order valence-corrected chi connectivity index (χ4v) is 0.734. The molecule has 0 aliphatic rings. The van der Waals surface area contributed by atoms with Crippen molar-refractivity contribution in [2.75, 3.05) is 0 Å². The molecule has 9 heteroatoms. The van der Waals surface area contributed by atoms with E-state index in [1.165, 1.54) is 0 Å². The lowest BCUT2D eigenvalue weighted by atomic mass is 10.3. The van der Waals surface area contributed by atoms with E-state index in [1.807, 2.05) is 0 Å². The largest absolute Gasteiger partial charge is 0.477 e. The molecule has 2 N–H and O–H groups in total. The zero-order valence-electron chi connectivity index (χ0n) is 6.92. The molecule has 0 saturated heterocycles. The minimum absolute atomic E-state index is 0.232. The van der Waals surface area contributed by atoms with Gasteiger partial charge >= 0.3 is 12.2 Å². The van der Waals surface area contributed by atoms with Crippen molar-refractivity contribution in [3.8, 4) is 0 Å². The van der Waals surface area contributed by atoms with Gasteiger partial charge < -0.3 is 5.73 Å². The van der Waals surface area contributed by atoms with Gasteiger partial charge in [0.1, 0.15) is 0 Å². The molecule has 1 amide bonds. The van der Waals surface area contributed by atoms with Crippen molar-refractivity contribution in [1.82, 2.24) is 9.78 Å². The van der Waals surface area contributed by atoms with E-state index in [-0.39, 0.29) is 6.20 Å². The molecule has 0 aromatic carbocycles. The molecular formula is C6H4F5N3O. The molecule has 0 saturated carbocycles. The molecule has 0 atom stereocenters. The highest BCUT2D eigenvalue weighted by Crippen LogP contribution is 2.39. The van der Waals surface area contributed by atoms with Gasteiger partial charge in [0, 0.05) is 6.20 Å². The van der Waals surface area contributed by atoms with Crippen molar-refractivity contribution >= 4 is 5.91 Å². The highest BCUT2D eigenvalue weighted by atomic mass is 19.4. The maximum atomic E-state index is 12.6. The van der Waals surface area contributed by atoms with Gasteiger partial charge in [-0.2, -0.15) is 27.1 Å². The van der Waals surface area contributed by atoms with Gasteiger partial charge in [0.05, 0.1) is 11.8 Å². The average molecular weight is 229 g/mol. The van der Waals surface area contributed by atoms with Crippen molar-refractivity contribution < 1.29 is 26.7 Å². The number of hydrogen-bond acceptors (Lipinski definition) is 2. The van der Waals surface area contributed by atoms with E-state index in [2.05, 4.69) is 10.8 Å². The first kappa shape index (κ1) is 11.4. The molecule has 0 aliphatic heterocycles. The molecule has 1 aromatic heterocycles. The lowest BCUT2D eigenvalue weighted by Crippen LogP contribution is -2.39. The van der Waals surface area contributed by atoms with E-state index in [0.29, 0.717) is 6.20 Å². The quantitative estimate of drug-likeness (QED) is 0.771. The van der Waals surface area contributed by atoms with Crippen molar-refractivity contribution in [3.63, 3.8) is 0 Å². The van der Waals surface area contributed by atoms with Crippen LogP contribution in [-0.2, 0) is 6.05 Å². The number of alkyl halides is 5. The summed E-state index contributed by atoms with van der Waals surface area (Å²) in [4.78, 5) is 10.4. The highest BCUT2D eigenvalue weighted by Gasteiger charge is 2.60. The molecule has 0 aliphatic carbocycles. The maximum Gasteiger partial charge on any atom is 0.477 e. The maximum absolute atomic E-state index is 12.6. The minimum atomic E-state index is -5.78. The van der Waals surface area contributed by atoms with E-state index in [9.17, 15) is 26.7 Å². The minimum Gasteiger partial charge on any atom is -0.366 e. The Morgan fingerprint density at radius 1 is 1.33 bits per heavy atom. The summed E-state index contributed by atoms with van der Waals surface area (Å²) in [6.07, 6.45) is -5.02. The Labute approximate surface area is 79.5 Å². The first-order valence-electron chi connectivity index (χ1n) is 3.46. The number of carbonyl (C=O) groups excluding carboxylic acids is 1. The second-order valence-corrected chi connectivity index (χ2v) is 2.58. The van der Waals surface area contributed by atoms with Crippen LogP contribution in [0.4, 0.5) is 22.0 Å². The summed E-state index contributed by atoms with van der Waals surface area (Å²) in [7, 11) is 0. The van der Waals surface area contributed by atoms with Crippen LogP contribution in [-0.4, -0.2) is 21.9 Å². The van der Waals surface area contributed by atoms with Gasteiger partial charge in [-0.3, -0.25) is 4.79 Å². The van der Waals surface area contributed by atoms with Crippen LogP contribution in [0.5, 0.6) is 0 Å². The van der Waals surface area contributed by atoms with Crippen LogP contribution >= 0.6 is 0 Å². The normalized spacial score (nSPS) is 12.9. The molecular weight excluding hydrogens is 225 g/mol. The average Bonchev–Trinajstić information content (AvgIpc) is 2.49. The van der Waals surface area contributed by atoms with E-state index in [4.69, 9.17) is 0 Å². The molecule has 84 valence electrons. The first-order chi connectivity index (χ1) is 6.66. The fourth-order valence-electron chi connectivity index (χ4n) is 0.734. The SMILES string of the molecule is NC(=O)c1cnn(C(F)(F)C(F)(F)F)c1. The Bertz CT molecular complexity index is 382. The van der Waals surface area contributed by atoms with Gasteiger partial charge in [-0.25, -0.2) is 4.68 Å². The third-order valence-corrected chi connectivity index (χ3v) is 1.50. The van der Waals surface area contributed by atoms with Crippen LogP contribution in [0.1, 0.15) is 10.4 Å². The van der Waals surface area contributed by atoms with Crippen LogP contribution in [0.3, 0.4) is 0 Å². The number of nitrogens with two attached hydrogens (primary N) is 1. The number of aromatic nitrogens is 2. The molecule has 0 radical (unpaired) electrons.